The largest absolute Gasteiger partial charge is 0.456 e. The van der Waals surface area contributed by atoms with Gasteiger partial charge in [-0.1, -0.05) is 50.3 Å². The van der Waals surface area contributed by atoms with E-state index < -0.39 is 0 Å². The smallest absolute Gasteiger partial charge is 0.323 e. The molecule has 0 saturated carbocycles. The van der Waals surface area contributed by atoms with E-state index in [9.17, 15) is 19.2 Å². The predicted molar refractivity (Wildman–Crippen MR) is 160 cm³/mol. The number of ether oxygens (including phenoxy) is 2. The second-order valence-corrected chi connectivity index (χ2v) is 11.2. The van der Waals surface area contributed by atoms with Gasteiger partial charge in [0.05, 0.1) is 0 Å². The molecule has 0 unspecified atom stereocenters. The zero-order valence-electron chi connectivity index (χ0n) is 23.9. The molecular formula is C32H38N2O6S. The standard InChI is InChI=1S/C30H32N2O6S.C2H6/c1-32-14-4-8-24(32)30(36)38-18-26(34)21-5-2-6-22-16-27(39-28(22)15-21)20-11-9-19(10-12-20)25(33)17-37-29(35)23-7-3-13-31-23;1-2/h5-6,9-12,15-16,23-24,31H,2-4,7-8,13-14,17-18H2,1H3;1-2H3/t23-,24-;/m0./s1. The van der Waals surface area contributed by atoms with Gasteiger partial charge in [-0.3, -0.25) is 24.1 Å². The van der Waals surface area contributed by atoms with Gasteiger partial charge in [0.2, 0.25) is 0 Å². The number of fused-ring (bicyclic) bond motifs is 1. The van der Waals surface area contributed by atoms with Crippen molar-refractivity contribution in [1.29, 1.82) is 0 Å². The molecular weight excluding hydrogens is 540 g/mol. The van der Waals surface area contributed by atoms with Crippen molar-refractivity contribution in [2.75, 3.05) is 33.4 Å². The van der Waals surface area contributed by atoms with Crippen molar-refractivity contribution in [3.8, 4) is 10.4 Å². The molecule has 1 aromatic carbocycles. The molecule has 2 fully saturated rings. The lowest BCUT2D eigenvalue weighted by Crippen LogP contribution is -2.35. The van der Waals surface area contributed by atoms with Gasteiger partial charge in [-0.25, -0.2) is 0 Å². The Morgan fingerprint density at radius 1 is 0.951 bits per heavy atom. The van der Waals surface area contributed by atoms with Crippen LogP contribution >= 0.6 is 11.3 Å². The maximum Gasteiger partial charge on any atom is 0.323 e. The van der Waals surface area contributed by atoms with Gasteiger partial charge < -0.3 is 14.8 Å². The van der Waals surface area contributed by atoms with Gasteiger partial charge in [0, 0.05) is 20.5 Å². The number of carbonyl (C=O) groups excluding carboxylic acids is 4. The third-order valence-corrected chi connectivity index (χ3v) is 8.54. The van der Waals surface area contributed by atoms with Gasteiger partial charge in [0.1, 0.15) is 12.1 Å². The summed E-state index contributed by atoms with van der Waals surface area (Å²) < 4.78 is 11.5. The third-order valence-electron chi connectivity index (χ3n) is 7.39. The van der Waals surface area contributed by atoms with Crippen LogP contribution in [0.1, 0.15) is 56.3 Å². The molecule has 3 heterocycles. The molecule has 8 nitrogen and oxygen atoms in total. The number of carbonyl (C=O) groups is 4. The number of esters is 2. The molecule has 2 saturated heterocycles. The Morgan fingerprint density at radius 2 is 1.68 bits per heavy atom. The average molecular weight is 579 g/mol. The first-order chi connectivity index (χ1) is 19.9. The van der Waals surface area contributed by atoms with E-state index in [-0.39, 0.29) is 48.8 Å². The van der Waals surface area contributed by atoms with Crippen molar-refractivity contribution >= 4 is 47.0 Å². The molecule has 0 amide bonds. The van der Waals surface area contributed by atoms with E-state index in [0.29, 0.717) is 17.6 Å². The summed E-state index contributed by atoms with van der Waals surface area (Å²) in [4.78, 5) is 52.7. The summed E-state index contributed by atoms with van der Waals surface area (Å²) in [5, 5.41) is 4.10. The Morgan fingerprint density at radius 3 is 2.37 bits per heavy atom. The summed E-state index contributed by atoms with van der Waals surface area (Å²) in [5.74, 6) is -1.18. The second-order valence-electron chi connectivity index (χ2n) is 10.1. The van der Waals surface area contributed by atoms with Crippen molar-refractivity contribution in [2.24, 2.45) is 0 Å². The minimum Gasteiger partial charge on any atom is -0.456 e. The number of benzene rings is 1. The van der Waals surface area contributed by atoms with Crippen LogP contribution in [0.15, 0.2) is 42.0 Å². The number of allylic oxidation sites excluding steroid dienone is 1. The first kappa shape index (κ1) is 30.6. The highest BCUT2D eigenvalue weighted by Gasteiger charge is 2.29. The number of thiophene rings is 1. The number of ketones is 2. The molecule has 9 heteroatoms. The first-order valence-electron chi connectivity index (χ1n) is 14.3. The fraction of sp³-hybridized carbons (Fsp3) is 0.438. The lowest BCUT2D eigenvalue weighted by molar-refractivity contribution is -0.151. The number of nitrogens with zero attached hydrogens (tertiary/aromatic N) is 1. The number of Topliss-reactive ketones (excluding diaryl/α,β-unsaturated/α-hetero) is 2. The lowest BCUT2D eigenvalue weighted by atomic mass is 10.1. The van der Waals surface area contributed by atoms with Gasteiger partial charge in [0.15, 0.2) is 24.8 Å². The fourth-order valence-electron chi connectivity index (χ4n) is 5.09. The Hall–Kier alpha value is -3.40. The van der Waals surface area contributed by atoms with E-state index in [1.807, 2.05) is 50.1 Å². The molecule has 1 N–H and O–H groups in total. The van der Waals surface area contributed by atoms with E-state index in [1.54, 1.807) is 23.5 Å². The quantitative estimate of drug-likeness (QED) is 0.358. The molecule has 2 aliphatic heterocycles. The average Bonchev–Trinajstić information content (AvgIpc) is 3.75. The summed E-state index contributed by atoms with van der Waals surface area (Å²) in [7, 11) is 1.89. The van der Waals surface area contributed by atoms with Gasteiger partial charge in [-0.05, 0) is 75.2 Å². The van der Waals surface area contributed by atoms with Crippen LogP contribution in [-0.4, -0.2) is 73.8 Å². The number of likely N-dealkylation sites (tertiary alicyclic amines) is 1. The monoisotopic (exact) mass is 578 g/mol. The molecule has 218 valence electrons. The molecule has 0 spiro atoms. The van der Waals surface area contributed by atoms with Crippen molar-refractivity contribution in [3.05, 3.63) is 57.3 Å². The molecule has 0 radical (unpaired) electrons. The van der Waals surface area contributed by atoms with Crippen LogP contribution in [0, 0.1) is 0 Å². The number of nitrogens with one attached hydrogen (secondary N) is 1. The van der Waals surface area contributed by atoms with Crippen LogP contribution in [0.2, 0.25) is 0 Å². The van der Waals surface area contributed by atoms with Gasteiger partial charge in [0.25, 0.3) is 0 Å². The minimum absolute atomic E-state index is 0.215. The van der Waals surface area contributed by atoms with Crippen molar-refractivity contribution in [2.45, 2.75) is 58.0 Å². The molecule has 1 aliphatic carbocycles. The van der Waals surface area contributed by atoms with Gasteiger partial charge in [-0.2, -0.15) is 0 Å². The molecule has 2 atom stereocenters. The number of likely N-dealkylation sites (N-methyl/N-ethyl adjacent to an activating group) is 1. The third kappa shape index (κ3) is 7.67. The Kier molecular flexibility index (Phi) is 10.8. The molecule has 2 aromatic rings. The van der Waals surface area contributed by atoms with E-state index in [0.717, 1.165) is 59.0 Å². The Bertz CT molecular complexity index is 1420. The molecule has 1 aromatic heterocycles. The van der Waals surface area contributed by atoms with Crippen LogP contribution in [-0.2, 0) is 23.9 Å². The first-order valence-corrected chi connectivity index (χ1v) is 15.2. The normalized spacial score (nSPS) is 19.8. The molecule has 5 rings (SSSR count). The summed E-state index contributed by atoms with van der Waals surface area (Å²) in [5.41, 5.74) is 1.97. The predicted octanol–water partition coefficient (Wildman–Crippen LogP) is 3.02. The van der Waals surface area contributed by atoms with E-state index >= 15 is 0 Å². The SMILES string of the molecule is CC.CN1CCC[C@H]1C(=O)OCC(=O)C1=CCC=c2cc(-c3ccc(C(=O)COC(=O)[C@@H]4CCCN4)cc3)sc2=C1. The highest BCUT2D eigenvalue weighted by molar-refractivity contribution is 7.13. The van der Waals surface area contributed by atoms with Crippen LogP contribution in [0.4, 0.5) is 0 Å². The Labute approximate surface area is 244 Å². The van der Waals surface area contributed by atoms with E-state index in [4.69, 9.17) is 9.47 Å². The van der Waals surface area contributed by atoms with Crippen LogP contribution in [0.25, 0.3) is 22.6 Å². The van der Waals surface area contributed by atoms with Crippen molar-refractivity contribution < 1.29 is 28.7 Å². The highest BCUT2D eigenvalue weighted by Crippen LogP contribution is 2.22. The molecule has 0 bridgehead atoms. The van der Waals surface area contributed by atoms with Crippen LogP contribution in [0.5, 0.6) is 0 Å². The van der Waals surface area contributed by atoms with Crippen LogP contribution < -0.4 is 15.1 Å². The minimum atomic E-state index is -0.378. The van der Waals surface area contributed by atoms with E-state index in [1.165, 1.54) is 0 Å². The number of rotatable bonds is 9. The van der Waals surface area contributed by atoms with E-state index in [2.05, 4.69) is 17.5 Å². The maximum atomic E-state index is 12.8. The van der Waals surface area contributed by atoms with Gasteiger partial charge in [-0.15, -0.1) is 11.3 Å². The highest BCUT2D eigenvalue weighted by atomic mass is 32.1. The fourth-order valence-corrected chi connectivity index (χ4v) is 6.21. The van der Waals surface area contributed by atoms with Gasteiger partial charge >= 0.3 is 11.9 Å². The zero-order valence-corrected chi connectivity index (χ0v) is 24.8. The zero-order chi connectivity index (χ0) is 29.4. The Balaban J connectivity index is 0.00000189. The van der Waals surface area contributed by atoms with Crippen molar-refractivity contribution in [1.82, 2.24) is 10.2 Å². The summed E-state index contributed by atoms with van der Waals surface area (Å²) >= 11 is 1.56. The summed E-state index contributed by atoms with van der Waals surface area (Å²) in [6.45, 7) is 5.11. The van der Waals surface area contributed by atoms with Crippen molar-refractivity contribution in [3.63, 3.8) is 0 Å². The summed E-state index contributed by atoms with van der Waals surface area (Å²) in [6, 6.07) is 8.71. The van der Waals surface area contributed by atoms with Crippen LogP contribution in [0.3, 0.4) is 0 Å². The lowest BCUT2D eigenvalue weighted by Gasteiger charge is -2.17. The summed E-state index contributed by atoms with van der Waals surface area (Å²) in [6.07, 6.45) is 9.76. The topological polar surface area (TPSA) is 102 Å². The second kappa shape index (κ2) is 14.5. The molecule has 41 heavy (non-hydrogen) atoms. The molecule has 3 aliphatic rings. The number of hydrogen-bond acceptors (Lipinski definition) is 9. The number of hydrogen-bond donors (Lipinski definition) is 1. The maximum absolute atomic E-state index is 12.8.